The molecule has 1 aromatic heterocycles. The number of benzene rings is 1. The van der Waals surface area contributed by atoms with Crippen LogP contribution in [0.25, 0.3) is 0 Å². The number of aromatic amines is 1. The molecule has 0 saturated carbocycles. The lowest BCUT2D eigenvalue weighted by atomic mass is 10.0. The summed E-state index contributed by atoms with van der Waals surface area (Å²) in [7, 11) is 0. The van der Waals surface area contributed by atoms with E-state index in [4.69, 9.17) is 0 Å². The molecule has 1 fully saturated rings. The van der Waals surface area contributed by atoms with E-state index in [2.05, 4.69) is 25.9 Å². The molecule has 150 valence electrons. The van der Waals surface area contributed by atoms with Crippen molar-refractivity contribution in [2.45, 2.75) is 16.6 Å². The highest BCUT2D eigenvalue weighted by Gasteiger charge is 2.54. The summed E-state index contributed by atoms with van der Waals surface area (Å²) in [5, 5.41) is 25.2. The molecule has 0 radical (unpaired) electrons. The zero-order valence-electron chi connectivity index (χ0n) is 14.5. The Hall–Kier alpha value is -2.93. The van der Waals surface area contributed by atoms with Crippen LogP contribution in [0.3, 0.4) is 0 Å². The van der Waals surface area contributed by atoms with Gasteiger partial charge in [-0.15, -0.1) is 16.9 Å². The van der Waals surface area contributed by atoms with E-state index >= 15 is 0 Å². The lowest BCUT2D eigenvalue weighted by molar-refractivity contribution is -0.148. The summed E-state index contributed by atoms with van der Waals surface area (Å²) in [6.07, 6.45) is 0. The van der Waals surface area contributed by atoms with Crippen LogP contribution in [0.2, 0.25) is 0 Å². The highest BCUT2D eigenvalue weighted by Crippen LogP contribution is 2.41. The molecule has 2 amide bonds. The molecule has 4 rings (SSSR count). The molecule has 1 unspecified atom stereocenters. The molecule has 2 aliphatic heterocycles. The fourth-order valence-electron chi connectivity index (χ4n) is 3.03. The number of amides is 2. The molecule has 2 aromatic rings. The van der Waals surface area contributed by atoms with Crippen LogP contribution in [0.1, 0.15) is 10.4 Å². The lowest BCUT2D eigenvalue weighted by Gasteiger charge is -2.49. The fraction of sp³-hybridized carbons (Fsp3) is 0.250. The molecule has 29 heavy (non-hydrogen) atoms. The number of nitrogens with one attached hydrogen (secondary N) is 2. The highest BCUT2D eigenvalue weighted by atomic mass is 32.2. The van der Waals surface area contributed by atoms with Crippen LogP contribution in [0, 0.1) is 5.82 Å². The molecule has 3 heterocycles. The largest absolute Gasteiger partial charge is 0.477 e. The molecule has 0 spiro atoms. The number of hydrogen-bond acceptors (Lipinski definition) is 8. The second-order valence-corrected chi connectivity index (χ2v) is 8.16. The number of β-lactam (4-membered cyclic amide) rings is 1. The number of aliphatic carboxylic acids is 1. The van der Waals surface area contributed by atoms with E-state index < -0.39 is 35.0 Å². The summed E-state index contributed by atoms with van der Waals surface area (Å²) in [5.74, 6) is -2.55. The molecule has 0 bridgehead atoms. The number of thioether (sulfide) groups is 2. The Morgan fingerprint density at radius 1 is 1.41 bits per heavy atom. The third-order valence-corrected chi connectivity index (χ3v) is 6.64. The first-order chi connectivity index (χ1) is 14.0. The average Bonchev–Trinajstić information content (AvgIpc) is 3.23. The predicted molar refractivity (Wildman–Crippen MR) is 100 cm³/mol. The lowest BCUT2D eigenvalue weighted by Crippen LogP contribution is -2.70. The van der Waals surface area contributed by atoms with Gasteiger partial charge in [0, 0.05) is 11.5 Å². The van der Waals surface area contributed by atoms with E-state index in [1.54, 1.807) is 0 Å². The summed E-state index contributed by atoms with van der Waals surface area (Å²) < 4.78 is 13.8. The second-order valence-electron chi connectivity index (χ2n) is 6.09. The van der Waals surface area contributed by atoms with E-state index in [-0.39, 0.29) is 17.0 Å². The molecule has 1 aromatic carbocycles. The number of carboxylic acid groups (broad SMARTS) is 1. The molecule has 10 nitrogen and oxygen atoms in total. The van der Waals surface area contributed by atoms with E-state index in [9.17, 15) is 23.9 Å². The number of fused-ring (bicyclic) bond motifs is 1. The maximum absolute atomic E-state index is 13.8. The molecule has 3 N–H and O–H groups in total. The number of aromatic nitrogens is 4. The summed E-state index contributed by atoms with van der Waals surface area (Å²) in [6, 6.07) is 4.52. The van der Waals surface area contributed by atoms with E-state index in [0.29, 0.717) is 16.5 Å². The van der Waals surface area contributed by atoms with Crippen molar-refractivity contribution in [2.24, 2.45) is 0 Å². The Morgan fingerprint density at radius 2 is 2.21 bits per heavy atom. The number of nitrogens with zero attached hydrogens (tertiary/aromatic N) is 4. The Kier molecular flexibility index (Phi) is 5.24. The summed E-state index contributed by atoms with van der Waals surface area (Å²) >= 11 is 2.55. The van der Waals surface area contributed by atoms with E-state index in [1.807, 2.05) is 0 Å². The SMILES string of the molecule is O=C(O)C1=C(CSc2nnn[nH]2)CS[C@H]2C(NC(=O)c3ccccc3F)C(=O)N12. The van der Waals surface area contributed by atoms with Gasteiger partial charge in [0.25, 0.3) is 11.8 Å². The quantitative estimate of drug-likeness (QED) is 0.435. The van der Waals surface area contributed by atoms with Crippen molar-refractivity contribution in [1.82, 2.24) is 30.8 Å². The predicted octanol–water partition coefficient (Wildman–Crippen LogP) is 0.483. The maximum atomic E-state index is 13.8. The molecular weight excluding hydrogens is 423 g/mol. The van der Waals surface area contributed by atoms with Crippen LogP contribution in [-0.4, -0.2) is 71.3 Å². The van der Waals surface area contributed by atoms with Crippen molar-refractivity contribution >= 4 is 41.3 Å². The van der Waals surface area contributed by atoms with Crippen molar-refractivity contribution in [3.8, 4) is 0 Å². The van der Waals surface area contributed by atoms with E-state index in [1.165, 1.54) is 41.7 Å². The summed E-state index contributed by atoms with van der Waals surface area (Å²) in [4.78, 5) is 37.9. The number of halogens is 1. The Bertz CT molecular complexity index is 1010. The number of hydrogen-bond donors (Lipinski definition) is 3. The third-order valence-electron chi connectivity index (χ3n) is 4.36. The van der Waals surface area contributed by atoms with Gasteiger partial charge in [0.2, 0.25) is 5.16 Å². The number of carbonyl (C=O) groups is 3. The van der Waals surface area contributed by atoms with Gasteiger partial charge in [-0.25, -0.2) is 14.3 Å². The van der Waals surface area contributed by atoms with Gasteiger partial charge < -0.3 is 10.4 Å². The number of carboxylic acids is 1. The minimum absolute atomic E-state index is 0.102. The van der Waals surface area contributed by atoms with Crippen LogP contribution in [0.15, 0.2) is 40.7 Å². The first-order valence-electron chi connectivity index (χ1n) is 8.29. The zero-order valence-corrected chi connectivity index (χ0v) is 16.2. The second kappa shape index (κ2) is 7.83. The first kappa shape index (κ1) is 19.4. The van der Waals surface area contributed by atoms with Crippen molar-refractivity contribution in [2.75, 3.05) is 11.5 Å². The first-order valence-corrected chi connectivity index (χ1v) is 10.3. The fourth-order valence-corrected chi connectivity index (χ4v) is 5.25. The molecular formula is C16H13FN6O4S2. The van der Waals surface area contributed by atoms with Crippen LogP contribution in [-0.2, 0) is 9.59 Å². The monoisotopic (exact) mass is 436 g/mol. The van der Waals surface area contributed by atoms with Crippen LogP contribution in [0.4, 0.5) is 4.39 Å². The smallest absolute Gasteiger partial charge is 0.352 e. The topological polar surface area (TPSA) is 141 Å². The molecule has 13 heteroatoms. The normalized spacial score (nSPS) is 20.9. The standard InChI is InChI=1S/C16H13FN6O4S2/c17-9-4-2-1-3-8(9)12(24)18-10-13(25)23-11(15(26)27)7(5-28-14(10)23)6-29-16-19-21-22-20-16/h1-4,10,14H,5-6H2,(H,18,24)(H,26,27)(H,19,20,21,22)/t10?,14-/m0/s1. The average molecular weight is 436 g/mol. The van der Waals surface area contributed by atoms with E-state index in [0.717, 1.165) is 11.0 Å². The maximum Gasteiger partial charge on any atom is 0.352 e. The minimum Gasteiger partial charge on any atom is -0.477 e. The van der Waals surface area contributed by atoms with Gasteiger partial charge in [0.1, 0.15) is 22.9 Å². The molecule has 2 aliphatic rings. The number of rotatable bonds is 6. The molecule has 0 aliphatic carbocycles. The minimum atomic E-state index is -1.23. The van der Waals surface area contributed by atoms with Crippen LogP contribution < -0.4 is 5.32 Å². The van der Waals surface area contributed by atoms with Gasteiger partial charge in [-0.1, -0.05) is 23.9 Å². The molecule has 1 saturated heterocycles. The highest BCUT2D eigenvalue weighted by molar-refractivity contribution is 8.01. The van der Waals surface area contributed by atoms with Gasteiger partial charge in [-0.2, -0.15) is 0 Å². The van der Waals surface area contributed by atoms with Crippen LogP contribution >= 0.6 is 23.5 Å². The van der Waals surface area contributed by atoms with Gasteiger partial charge in [-0.05, 0) is 28.1 Å². The number of H-pyrrole nitrogens is 1. The number of carbonyl (C=O) groups excluding carboxylic acids is 2. The summed E-state index contributed by atoms with van der Waals surface area (Å²) in [6.45, 7) is 0. The Morgan fingerprint density at radius 3 is 2.90 bits per heavy atom. The Labute approximate surface area is 171 Å². The zero-order chi connectivity index (χ0) is 20.5. The van der Waals surface area contributed by atoms with Gasteiger partial charge in [0.15, 0.2) is 0 Å². The summed E-state index contributed by atoms with van der Waals surface area (Å²) in [5.41, 5.74) is 0.272. The van der Waals surface area contributed by atoms with Crippen molar-refractivity contribution in [3.05, 3.63) is 46.9 Å². The number of tetrazole rings is 1. The van der Waals surface area contributed by atoms with Crippen molar-refractivity contribution in [1.29, 1.82) is 0 Å². The Balaban J connectivity index is 1.50. The van der Waals surface area contributed by atoms with Crippen molar-refractivity contribution in [3.63, 3.8) is 0 Å². The van der Waals surface area contributed by atoms with Crippen LogP contribution in [0.5, 0.6) is 0 Å². The van der Waals surface area contributed by atoms with Gasteiger partial charge in [-0.3, -0.25) is 14.5 Å². The van der Waals surface area contributed by atoms with Gasteiger partial charge >= 0.3 is 5.97 Å². The molecule has 2 atom stereocenters. The van der Waals surface area contributed by atoms with Gasteiger partial charge in [0.05, 0.1) is 5.56 Å². The van der Waals surface area contributed by atoms with Crippen molar-refractivity contribution < 1.29 is 23.9 Å². The third kappa shape index (κ3) is 3.58.